The monoisotopic (exact) mass is 413 g/mol. The second kappa shape index (κ2) is 8.70. The number of aryl methyl sites for hydroxylation is 1. The normalized spacial score (nSPS) is 11.6. The minimum absolute atomic E-state index is 0.0146. The van der Waals surface area contributed by atoms with Crippen LogP contribution in [0.15, 0.2) is 75.1 Å². The van der Waals surface area contributed by atoms with Crippen molar-refractivity contribution in [3.8, 4) is 11.3 Å². The molecule has 0 radical (unpaired) electrons. The first kappa shape index (κ1) is 20.3. The van der Waals surface area contributed by atoms with E-state index in [0.717, 1.165) is 18.4 Å². The molecule has 0 spiro atoms. The molecule has 2 aromatic carbocycles. The average Bonchev–Trinajstić information content (AvgIpc) is 3.17. The zero-order valence-corrected chi connectivity index (χ0v) is 16.4. The van der Waals surface area contributed by atoms with Crippen LogP contribution < -0.4 is 4.83 Å². The summed E-state index contributed by atoms with van der Waals surface area (Å²) in [6.07, 6.45) is 3.12. The van der Waals surface area contributed by atoms with Crippen LogP contribution in [0.25, 0.3) is 11.3 Å². The fraction of sp³-hybridized carbons (Fsp3) is 0.150. The first-order valence-electron chi connectivity index (χ1n) is 8.87. The molecular formula is C20H19N3O5S. The summed E-state index contributed by atoms with van der Waals surface area (Å²) >= 11 is 0. The second-order valence-corrected chi connectivity index (χ2v) is 7.91. The molecule has 0 bridgehead atoms. The van der Waals surface area contributed by atoms with Crippen LogP contribution in [0.1, 0.15) is 24.7 Å². The predicted octanol–water partition coefficient (Wildman–Crippen LogP) is 4.12. The van der Waals surface area contributed by atoms with Crippen molar-refractivity contribution in [2.24, 2.45) is 5.10 Å². The minimum atomic E-state index is -3.77. The van der Waals surface area contributed by atoms with Crippen LogP contribution in [0.3, 0.4) is 0 Å². The number of nitrogens with zero attached hydrogens (tertiary/aromatic N) is 2. The Morgan fingerprint density at radius 2 is 1.76 bits per heavy atom. The highest BCUT2D eigenvalue weighted by Crippen LogP contribution is 2.24. The quantitative estimate of drug-likeness (QED) is 0.339. The molecule has 1 aromatic heterocycles. The maximum atomic E-state index is 12.3. The van der Waals surface area contributed by atoms with Gasteiger partial charge in [0, 0.05) is 17.7 Å². The highest BCUT2D eigenvalue weighted by molar-refractivity contribution is 7.89. The predicted molar refractivity (Wildman–Crippen MR) is 109 cm³/mol. The van der Waals surface area contributed by atoms with Gasteiger partial charge in [-0.25, -0.2) is 0 Å². The second-order valence-electron chi connectivity index (χ2n) is 6.25. The molecule has 1 N–H and O–H groups in total. The maximum Gasteiger partial charge on any atom is 0.276 e. The van der Waals surface area contributed by atoms with Gasteiger partial charge < -0.3 is 4.42 Å². The van der Waals surface area contributed by atoms with Gasteiger partial charge in [-0.15, -0.1) is 0 Å². The summed E-state index contributed by atoms with van der Waals surface area (Å²) in [5, 5.41) is 14.5. The van der Waals surface area contributed by atoms with E-state index in [2.05, 4.69) is 16.9 Å². The van der Waals surface area contributed by atoms with E-state index in [1.807, 2.05) is 0 Å². The van der Waals surface area contributed by atoms with Gasteiger partial charge >= 0.3 is 0 Å². The van der Waals surface area contributed by atoms with Crippen LogP contribution in [0, 0.1) is 10.1 Å². The molecule has 3 aromatic rings. The van der Waals surface area contributed by atoms with E-state index < -0.39 is 14.9 Å². The fourth-order valence-electron chi connectivity index (χ4n) is 2.66. The Balaban J connectivity index is 1.66. The molecule has 0 aliphatic rings. The van der Waals surface area contributed by atoms with E-state index in [9.17, 15) is 18.5 Å². The average molecular weight is 413 g/mol. The van der Waals surface area contributed by atoms with Gasteiger partial charge in [0.2, 0.25) is 0 Å². The van der Waals surface area contributed by atoms with Gasteiger partial charge in [-0.05, 0) is 48.4 Å². The molecule has 29 heavy (non-hydrogen) atoms. The Labute approximate surface area is 168 Å². The van der Waals surface area contributed by atoms with E-state index in [-0.39, 0.29) is 10.6 Å². The highest BCUT2D eigenvalue weighted by Gasteiger charge is 2.12. The van der Waals surface area contributed by atoms with Crippen molar-refractivity contribution < 1.29 is 17.8 Å². The number of nitrogens with one attached hydrogen (secondary N) is 1. The summed E-state index contributed by atoms with van der Waals surface area (Å²) in [6.45, 7) is 2.06. The van der Waals surface area contributed by atoms with Gasteiger partial charge in [0.15, 0.2) is 0 Å². The molecule has 0 fully saturated rings. The van der Waals surface area contributed by atoms with Crippen molar-refractivity contribution in [1.82, 2.24) is 4.83 Å². The molecule has 3 rings (SSSR count). The number of hydrogen-bond donors (Lipinski definition) is 1. The Hall–Kier alpha value is -3.46. The van der Waals surface area contributed by atoms with Crippen LogP contribution in [0.5, 0.6) is 0 Å². The van der Waals surface area contributed by atoms with Crippen molar-refractivity contribution in [3.05, 3.63) is 82.1 Å². The fourth-order valence-corrected chi connectivity index (χ4v) is 3.45. The number of hydrogen-bond acceptors (Lipinski definition) is 6. The van der Waals surface area contributed by atoms with Gasteiger partial charge in [0.25, 0.3) is 15.7 Å². The van der Waals surface area contributed by atoms with Crippen molar-refractivity contribution in [3.63, 3.8) is 0 Å². The van der Waals surface area contributed by atoms with Gasteiger partial charge in [0.05, 0.1) is 16.0 Å². The number of nitro benzene ring substituents is 1. The Morgan fingerprint density at radius 1 is 1.07 bits per heavy atom. The zero-order valence-electron chi connectivity index (χ0n) is 15.6. The first-order valence-corrected chi connectivity index (χ1v) is 10.4. The van der Waals surface area contributed by atoms with Crippen LogP contribution in [0.2, 0.25) is 0 Å². The van der Waals surface area contributed by atoms with Crippen molar-refractivity contribution in [1.29, 1.82) is 0 Å². The lowest BCUT2D eigenvalue weighted by atomic mass is 10.1. The number of benzene rings is 2. The standard InChI is InChI=1S/C20H19N3O5S/c1-2-3-15-4-11-19(12-5-15)29(26,27)22-21-14-18-10-13-20(28-18)16-6-8-17(9-7-16)23(24)25/h4-14,22H,2-3H2,1H3. The largest absolute Gasteiger partial charge is 0.455 e. The summed E-state index contributed by atoms with van der Waals surface area (Å²) < 4.78 is 30.2. The molecule has 0 aliphatic carbocycles. The van der Waals surface area contributed by atoms with E-state index in [4.69, 9.17) is 4.42 Å². The maximum absolute atomic E-state index is 12.3. The van der Waals surface area contributed by atoms with Gasteiger partial charge in [-0.3, -0.25) is 10.1 Å². The Bertz CT molecular complexity index is 1120. The SMILES string of the molecule is CCCc1ccc(S(=O)(=O)NN=Cc2ccc(-c3ccc([N+](=O)[O-])cc3)o2)cc1. The number of hydrazone groups is 1. The first-order chi connectivity index (χ1) is 13.9. The van der Waals surface area contributed by atoms with E-state index >= 15 is 0 Å². The number of nitro groups is 1. The van der Waals surface area contributed by atoms with Crippen LogP contribution >= 0.6 is 0 Å². The van der Waals surface area contributed by atoms with E-state index in [1.54, 1.807) is 48.5 Å². The van der Waals surface area contributed by atoms with Gasteiger partial charge in [-0.2, -0.15) is 18.4 Å². The molecule has 9 heteroatoms. The van der Waals surface area contributed by atoms with Crippen LogP contribution in [-0.2, 0) is 16.4 Å². The molecule has 1 heterocycles. The lowest BCUT2D eigenvalue weighted by molar-refractivity contribution is -0.384. The Morgan fingerprint density at radius 3 is 2.38 bits per heavy atom. The van der Waals surface area contributed by atoms with Gasteiger partial charge in [0.1, 0.15) is 11.5 Å². The highest BCUT2D eigenvalue weighted by atomic mass is 32.2. The van der Waals surface area contributed by atoms with E-state index in [0.29, 0.717) is 17.1 Å². The summed E-state index contributed by atoms with van der Waals surface area (Å²) in [5.74, 6) is 0.815. The number of rotatable bonds is 8. The lowest BCUT2D eigenvalue weighted by Gasteiger charge is -2.04. The third kappa shape index (κ3) is 5.08. The zero-order chi connectivity index (χ0) is 20.9. The third-order valence-corrected chi connectivity index (χ3v) is 5.36. The summed E-state index contributed by atoms with van der Waals surface area (Å²) in [6, 6.07) is 15.8. The number of furan rings is 1. The molecular weight excluding hydrogens is 394 g/mol. The lowest BCUT2D eigenvalue weighted by Crippen LogP contribution is -2.18. The molecule has 0 atom stereocenters. The van der Waals surface area contributed by atoms with E-state index in [1.165, 1.54) is 18.3 Å². The van der Waals surface area contributed by atoms with Gasteiger partial charge in [-0.1, -0.05) is 25.5 Å². The van der Waals surface area contributed by atoms with Crippen molar-refractivity contribution in [2.75, 3.05) is 0 Å². The topological polar surface area (TPSA) is 115 Å². The minimum Gasteiger partial charge on any atom is -0.455 e. The summed E-state index contributed by atoms with van der Waals surface area (Å²) in [7, 11) is -3.77. The molecule has 0 saturated heterocycles. The van der Waals surface area contributed by atoms with Crippen molar-refractivity contribution >= 4 is 21.9 Å². The molecule has 8 nitrogen and oxygen atoms in total. The molecule has 0 saturated carbocycles. The summed E-state index contributed by atoms with van der Waals surface area (Å²) in [5.41, 5.74) is 1.71. The Kier molecular flexibility index (Phi) is 6.08. The van der Waals surface area contributed by atoms with Crippen LogP contribution in [0.4, 0.5) is 5.69 Å². The third-order valence-electron chi connectivity index (χ3n) is 4.13. The number of sulfonamides is 1. The smallest absolute Gasteiger partial charge is 0.276 e. The van der Waals surface area contributed by atoms with Crippen LogP contribution in [-0.4, -0.2) is 19.6 Å². The summed E-state index contributed by atoms with van der Waals surface area (Å²) in [4.78, 5) is 12.5. The molecule has 150 valence electrons. The number of non-ortho nitro benzene ring substituents is 1. The molecule has 0 unspecified atom stereocenters. The molecule has 0 aliphatic heterocycles. The van der Waals surface area contributed by atoms with Crippen molar-refractivity contribution in [2.45, 2.75) is 24.7 Å². The molecule has 0 amide bonds.